The second-order valence-corrected chi connectivity index (χ2v) is 10.6. The van der Waals surface area contributed by atoms with Gasteiger partial charge in [0.15, 0.2) is 17.2 Å². The van der Waals surface area contributed by atoms with E-state index >= 15 is 4.39 Å². The third kappa shape index (κ3) is 4.65. The first-order chi connectivity index (χ1) is 17.9. The van der Waals surface area contributed by atoms with Gasteiger partial charge in [0.2, 0.25) is 5.91 Å². The van der Waals surface area contributed by atoms with Gasteiger partial charge in [0, 0.05) is 28.1 Å². The number of primary amides is 1. The molecule has 200 valence electrons. The summed E-state index contributed by atoms with van der Waals surface area (Å²) in [4.78, 5) is 24.9. The summed E-state index contributed by atoms with van der Waals surface area (Å²) >= 11 is 6.70. The molecule has 0 saturated heterocycles. The van der Waals surface area contributed by atoms with Crippen molar-refractivity contribution in [2.45, 2.75) is 38.8 Å². The van der Waals surface area contributed by atoms with Crippen LogP contribution in [-0.2, 0) is 16.8 Å². The highest BCUT2D eigenvalue weighted by Crippen LogP contribution is 2.53. The number of amides is 2. The van der Waals surface area contributed by atoms with Crippen LogP contribution >= 0.6 is 11.6 Å². The molecule has 2 amide bonds. The van der Waals surface area contributed by atoms with Gasteiger partial charge in [0.25, 0.3) is 0 Å². The maximum Gasteiger partial charge on any atom is 0.407 e. The first-order valence-corrected chi connectivity index (χ1v) is 12.4. The number of benzene rings is 3. The molecule has 3 aromatic carbocycles. The molecule has 0 bridgehead atoms. The fourth-order valence-electron chi connectivity index (χ4n) is 5.22. The minimum atomic E-state index is -1.13. The second-order valence-electron chi connectivity index (χ2n) is 10.2. The molecule has 0 saturated carbocycles. The van der Waals surface area contributed by atoms with E-state index in [4.69, 9.17) is 31.5 Å². The molecule has 1 heterocycles. The molecule has 38 heavy (non-hydrogen) atoms. The molecule has 0 fully saturated rings. The van der Waals surface area contributed by atoms with E-state index in [1.807, 2.05) is 51.1 Å². The van der Waals surface area contributed by atoms with Crippen molar-refractivity contribution in [2.75, 3.05) is 14.2 Å². The molecule has 1 aliphatic heterocycles. The number of fused-ring (bicyclic) bond motifs is 1. The van der Waals surface area contributed by atoms with E-state index < -0.39 is 34.9 Å². The zero-order chi connectivity index (χ0) is 27.8. The second kappa shape index (κ2) is 10.2. The smallest absolute Gasteiger partial charge is 0.407 e. The predicted molar refractivity (Wildman–Crippen MR) is 143 cm³/mol. The van der Waals surface area contributed by atoms with E-state index in [1.165, 1.54) is 26.4 Å². The molecule has 3 N–H and O–H groups in total. The minimum Gasteiger partial charge on any atom is -0.494 e. The highest BCUT2D eigenvalue weighted by atomic mass is 35.5. The van der Waals surface area contributed by atoms with Crippen molar-refractivity contribution in [3.05, 3.63) is 82.1 Å². The largest absolute Gasteiger partial charge is 0.494 e. The summed E-state index contributed by atoms with van der Waals surface area (Å²) in [5, 5.41) is 3.18. The molecule has 3 aromatic rings. The normalized spacial score (nSPS) is 17.2. The summed E-state index contributed by atoms with van der Waals surface area (Å²) < 4.78 is 32.7. The van der Waals surface area contributed by atoms with Gasteiger partial charge in [-0.2, -0.15) is 0 Å². The van der Waals surface area contributed by atoms with E-state index in [0.29, 0.717) is 11.3 Å². The standard InChI is InChI=1S/C29H30ClFN2O5/c1-28(2,3)26(33-27(35)37-5)29(16-9-7-6-8-10-16)15-18-20(38-29)14-12-19(30)22(18)23-17(25(32)34)11-13-21(36-4)24(23)31/h6-14,26H,15H2,1-5H3,(H2,32,34)(H,33,35)/t26-,29-/m0/s1. The first kappa shape index (κ1) is 27.3. The van der Waals surface area contributed by atoms with E-state index in [0.717, 1.165) is 5.56 Å². The van der Waals surface area contributed by atoms with Crippen molar-refractivity contribution in [1.82, 2.24) is 5.32 Å². The number of ether oxygens (including phenoxy) is 3. The quantitative estimate of drug-likeness (QED) is 0.408. The van der Waals surface area contributed by atoms with Gasteiger partial charge < -0.3 is 25.3 Å². The van der Waals surface area contributed by atoms with Gasteiger partial charge in [-0.05, 0) is 35.2 Å². The number of hydrogen-bond donors (Lipinski definition) is 2. The lowest BCUT2D eigenvalue weighted by Gasteiger charge is -2.44. The van der Waals surface area contributed by atoms with Crippen molar-refractivity contribution >= 4 is 23.6 Å². The van der Waals surface area contributed by atoms with Gasteiger partial charge in [-0.1, -0.05) is 62.7 Å². The Labute approximate surface area is 226 Å². The maximum absolute atomic E-state index is 15.8. The Balaban J connectivity index is 2.01. The Kier molecular flexibility index (Phi) is 7.30. The molecular weight excluding hydrogens is 511 g/mol. The van der Waals surface area contributed by atoms with Crippen LogP contribution in [0.25, 0.3) is 11.1 Å². The summed E-state index contributed by atoms with van der Waals surface area (Å²) in [5.74, 6) is -1.21. The SMILES string of the molecule is COC(=O)N[C@@H](C(C)(C)C)[C@@]1(c2ccccc2)Cc2c(ccc(Cl)c2-c2c(C(N)=O)ccc(OC)c2F)O1. The lowest BCUT2D eigenvalue weighted by atomic mass is 9.70. The zero-order valence-corrected chi connectivity index (χ0v) is 22.6. The Morgan fingerprint density at radius 2 is 1.76 bits per heavy atom. The van der Waals surface area contributed by atoms with Crippen LogP contribution in [0.5, 0.6) is 11.5 Å². The van der Waals surface area contributed by atoms with E-state index in [1.54, 1.807) is 12.1 Å². The van der Waals surface area contributed by atoms with Crippen LogP contribution in [0.2, 0.25) is 5.02 Å². The van der Waals surface area contributed by atoms with Gasteiger partial charge >= 0.3 is 6.09 Å². The Morgan fingerprint density at radius 3 is 2.34 bits per heavy atom. The molecule has 2 atom stereocenters. The molecule has 0 aliphatic carbocycles. The van der Waals surface area contributed by atoms with Crippen LogP contribution in [-0.4, -0.2) is 32.3 Å². The number of carbonyl (C=O) groups excluding carboxylic acids is 2. The molecule has 1 aliphatic rings. The predicted octanol–water partition coefficient (Wildman–Crippen LogP) is 5.85. The number of carbonyl (C=O) groups is 2. The molecule has 9 heteroatoms. The van der Waals surface area contributed by atoms with Gasteiger partial charge in [0.1, 0.15) is 5.75 Å². The van der Waals surface area contributed by atoms with Crippen LogP contribution in [0, 0.1) is 11.2 Å². The average Bonchev–Trinajstić information content (AvgIpc) is 3.27. The van der Waals surface area contributed by atoms with E-state index in [-0.39, 0.29) is 33.9 Å². The maximum atomic E-state index is 15.8. The number of hydrogen-bond acceptors (Lipinski definition) is 5. The highest BCUT2D eigenvalue weighted by molar-refractivity contribution is 6.34. The third-order valence-corrected chi connectivity index (χ3v) is 7.15. The van der Waals surface area contributed by atoms with Crippen LogP contribution < -0.4 is 20.5 Å². The molecular formula is C29H30ClFN2O5. The number of alkyl carbamates (subject to hydrolysis) is 1. The summed E-state index contributed by atoms with van der Waals surface area (Å²) in [6.45, 7) is 5.93. The first-order valence-electron chi connectivity index (χ1n) is 12.0. The zero-order valence-electron chi connectivity index (χ0n) is 21.9. The molecule has 0 radical (unpaired) electrons. The van der Waals surface area contributed by atoms with Crippen LogP contribution in [0.4, 0.5) is 9.18 Å². The monoisotopic (exact) mass is 540 g/mol. The van der Waals surface area contributed by atoms with Crippen molar-refractivity contribution < 1.29 is 28.2 Å². The van der Waals surface area contributed by atoms with Gasteiger partial charge in [-0.3, -0.25) is 4.79 Å². The molecule has 0 spiro atoms. The topological polar surface area (TPSA) is 99.9 Å². The van der Waals surface area contributed by atoms with Crippen molar-refractivity contribution in [3.63, 3.8) is 0 Å². The van der Waals surface area contributed by atoms with Crippen LogP contribution in [0.15, 0.2) is 54.6 Å². The molecule has 0 unspecified atom stereocenters. The van der Waals surface area contributed by atoms with Crippen LogP contribution in [0.1, 0.15) is 42.3 Å². The Morgan fingerprint density at radius 1 is 1.08 bits per heavy atom. The fraction of sp³-hybridized carbons (Fsp3) is 0.310. The Bertz CT molecular complexity index is 1390. The van der Waals surface area contributed by atoms with Crippen LogP contribution in [0.3, 0.4) is 0 Å². The number of nitrogens with two attached hydrogens (primary N) is 1. The Hall–Kier alpha value is -3.78. The van der Waals surface area contributed by atoms with Gasteiger partial charge in [-0.15, -0.1) is 0 Å². The molecule has 0 aromatic heterocycles. The molecule has 4 rings (SSSR count). The number of rotatable bonds is 6. The van der Waals surface area contributed by atoms with Crippen molar-refractivity contribution in [1.29, 1.82) is 0 Å². The molecule has 7 nitrogen and oxygen atoms in total. The van der Waals surface area contributed by atoms with E-state index in [2.05, 4.69) is 5.32 Å². The van der Waals surface area contributed by atoms with Crippen molar-refractivity contribution in [3.8, 4) is 22.6 Å². The highest BCUT2D eigenvalue weighted by Gasteiger charge is 2.53. The van der Waals surface area contributed by atoms with Gasteiger partial charge in [0.05, 0.1) is 25.8 Å². The number of methoxy groups -OCH3 is 2. The average molecular weight is 541 g/mol. The number of halogens is 2. The minimum absolute atomic E-state index is 0.0455. The van der Waals surface area contributed by atoms with Crippen molar-refractivity contribution in [2.24, 2.45) is 11.1 Å². The third-order valence-electron chi connectivity index (χ3n) is 6.83. The summed E-state index contributed by atoms with van der Waals surface area (Å²) in [5.41, 5.74) is 5.51. The summed E-state index contributed by atoms with van der Waals surface area (Å²) in [7, 11) is 2.63. The summed E-state index contributed by atoms with van der Waals surface area (Å²) in [6.07, 6.45) is -0.420. The van der Waals surface area contributed by atoms with E-state index in [9.17, 15) is 9.59 Å². The lowest BCUT2D eigenvalue weighted by molar-refractivity contribution is 0.000417. The lowest BCUT2D eigenvalue weighted by Crippen LogP contribution is -2.59. The van der Waals surface area contributed by atoms with Gasteiger partial charge in [-0.25, -0.2) is 9.18 Å². The summed E-state index contributed by atoms with van der Waals surface area (Å²) in [6, 6.07) is 14.9. The number of nitrogens with one attached hydrogen (secondary N) is 1. The fourth-order valence-corrected chi connectivity index (χ4v) is 5.49.